The van der Waals surface area contributed by atoms with Gasteiger partial charge in [-0.2, -0.15) is 0 Å². The van der Waals surface area contributed by atoms with Crippen molar-refractivity contribution in [3.63, 3.8) is 0 Å². The molecule has 0 radical (unpaired) electrons. The van der Waals surface area contributed by atoms with Gasteiger partial charge in [0.15, 0.2) is 12.2 Å². The van der Waals surface area contributed by atoms with Crippen LogP contribution >= 0.6 is 15.6 Å². The number of carbonyl (C=O) groups excluding carboxylic acids is 4. The van der Waals surface area contributed by atoms with E-state index in [0.29, 0.717) is 37.5 Å². The second kappa shape index (κ2) is 56.1. The van der Waals surface area contributed by atoms with Crippen molar-refractivity contribution in [1.29, 1.82) is 0 Å². The normalized spacial score (nSPS) is 14.4. The Morgan fingerprint density at radius 2 is 0.494 bits per heavy atom. The number of unbranched alkanes of at least 4 members (excludes halogenated alkanes) is 29. The molecule has 0 rings (SSSR count). The van der Waals surface area contributed by atoms with Crippen molar-refractivity contribution in [2.45, 2.75) is 337 Å². The maximum absolute atomic E-state index is 13.0. The van der Waals surface area contributed by atoms with E-state index in [2.05, 4.69) is 55.4 Å². The predicted molar refractivity (Wildman–Crippen MR) is 340 cm³/mol. The smallest absolute Gasteiger partial charge is 0.462 e. The van der Waals surface area contributed by atoms with Gasteiger partial charge in [0.2, 0.25) is 0 Å². The zero-order valence-electron chi connectivity index (χ0n) is 55.2. The van der Waals surface area contributed by atoms with Gasteiger partial charge in [0.1, 0.15) is 19.3 Å². The van der Waals surface area contributed by atoms with Crippen LogP contribution in [0.15, 0.2) is 0 Å². The molecule has 0 fully saturated rings. The maximum Gasteiger partial charge on any atom is 0.472 e. The molecular formula is C66H128O17P2. The summed E-state index contributed by atoms with van der Waals surface area (Å²) >= 11 is 0. The summed E-state index contributed by atoms with van der Waals surface area (Å²) in [7, 11) is -9.89. The largest absolute Gasteiger partial charge is 0.472 e. The summed E-state index contributed by atoms with van der Waals surface area (Å²) in [5, 5.41) is 10.5. The summed E-state index contributed by atoms with van der Waals surface area (Å²) < 4.78 is 68.1. The van der Waals surface area contributed by atoms with Crippen LogP contribution in [0.1, 0.15) is 319 Å². The van der Waals surface area contributed by atoms with Crippen molar-refractivity contribution in [2.24, 2.45) is 23.7 Å². The van der Waals surface area contributed by atoms with E-state index in [-0.39, 0.29) is 25.7 Å². The van der Waals surface area contributed by atoms with Crippen LogP contribution in [0.25, 0.3) is 0 Å². The number of carbonyl (C=O) groups is 4. The second-order valence-electron chi connectivity index (χ2n) is 25.8. The zero-order chi connectivity index (χ0) is 63.2. The average Bonchev–Trinajstić information content (AvgIpc) is 3.45. The Morgan fingerprint density at radius 3 is 0.729 bits per heavy atom. The number of phosphoric ester groups is 2. The summed E-state index contributed by atoms with van der Waals surface area (Å²) in [6.07, 6.45) is 36.4. The molecule has 504 valence electrons. The quantitative estimate of drug-likeness (QED) is 0.0222. The number of ether oxygens (including phenoxy) is 4. The van der Waals surface area contributed by atoms with Gasteiger partial charge in [-0.3, -0.25) is 37.3 Å². The van der Waals surface area contributed by atoms with Gasteiger partial charge in [0.05, 0.1) is 26.4 Å². The lowest BCUT2D eigenvalue weighted by Gasteiger charge is -2.21. The molecule has 0 aliphatic rings. The first-order chi connectivity index (χ1) is 40.6. The number of phosphoric acid groups is 2. The molecule has 0 aliphatic heterocycles. The number of hydrogen-bond acceptors (Lipinski definition) is 15. The summed E-state index contributed by atoms with van der Waals surface area (Å²) in [6, 6.07) is 0. The van der Waals surface area contributed by atoms with E-state index in [9.17, 15) is 43.2 Å². The Kier molecular flexibility index (Phi) is 54.8. The highest BCUT2D eigenvalue weighted by Gasteiger charge is 2.30. The fraction of sp³-hybridized carbons (Fsp3) is 0.939. The van der Waals surface area contributed by atoms with Crippen LogP contribution in [0.2, 0.25) is 0 Å². The Morgan fingerprint density at radius 1 is 0.294 bits per heavy atom. The van der Waals surface area contributed by atoms with Crippen LogP contribution in [0.4, 0.5) is 0 Å². The molecule has 0 aliphatic carbocycles. The molecule has 3 N–H and O–H groups in total. The molecule has 85 heavy (non-hydrogen) atoms. The number of rotatable bonds is 63. The molecule has 0 bridgehead atoms. The fourth-order valence-corrected chi connectivity index (χ4v) is 11.4. The van der Waals surface area contributed by atoms with Crippen LogP contribution in [-0.4, -0.2) is 96.7 Å². The van der Waals surface area contributed by atoms with E-state index in [1.807, 2.05) is 0 Å². The molecule has 19 heteroatoms. The highest BCUT2D eigenvalue weighted by Crippen LogP contribution is 2.45. The van der Waals surface area contributed by atoms with E-state index < -0.39 is 97.5 Å². The van der Waals surface area contributed by atoms with E-state index in [1.165, 1.54) is 116 Å². The number of aliphatic hydroxyl groups is 1. The van der Waals surface area contributed by atoms with Gasteiger partial charge < -0.3 is 33.8 Å². The molecule has 0 aromatic carbocycles. The summed E-state index contributed by atoms with van der Waals surface area (Å²) in [6.45, 7) is 13.9. The molecule has 0 saturated carbocycles. The molecule has 17 nitrogen and oxygen atoms in total. The van der Waals surface area contributed by atoms with Gasteiger partial charge in [-0.15, -0.1) is 0 Å². The van der Waals surface area contributed by atoms with E-state index in [4.69, 9.17) is 37.0 Å². The lowest BCUT2D eigenvalue weighted by atomic mass is 10.0. The van der Waals surface area contributed by atoms with Crippen molar-refractivity contribution in [3.8, 4) is 0 Å². The van der Waals surface area contributed by atoms with E-state index >= 15 is 0 Å². The molecule has 0 saturated heterocycles. The monoisotopic (exact) mass is 1250 g/mol. The highest BCUT2D eigenvalue weighted by molar-refractivity contribution is 7.47. The molecule has 0 spiro atoms. The van der Waals surface area contributed by atoms with Crippen LogP contribution in [-0.2, 0) is 65.4 Å². The van der Waals surface area contributed by atoms with E-state index in [1.54, 1.807) is 0 Å². The Hall–Kier alpha value is -1.94. The minimum atomic E-state index is -4.95. The maximum atomic E-state index is 13.0. The molecule has 0 heterocycles. The van der Waals surface area contributed by atoms with Gasteiger partial charge in [-0.05, 0) is 49.4 Å². The van der Waals surface area contributed by atoms with Crippen molar-refractivity contribution < 1.29 is 80.2 Å². The predicted octanol–water partition coefficient (Wildman–Crippen LogP) is 18.1. The minimum absolute atomic E-state index is 0.102. The van der Waals surface area contributed by atoms with Gasteiger partial charge in [0.25, 0.3) is 0 Å². The zero-order valence-corrected chi connectivity index (χ0v) is 57.0. The summed E-state index contributed by atoms with van der Waals surface area (Å²) in [4.78, 5) is 72.3. The molecule has 0 amide bonds. The first-order valence-corrected chi connectivity index (χ1v) is 37.2. The SMILES string of the molecule is CC(C)CCCCCCCCCCCCCC(=O)O[C@H](COC(=O)CCCCCCCCCCCC(C)C)COP(=O)(O)OC[C@@H](O)COP(=O)(O)OC[C@@H](COC(=O)CCCCCCCCC(C)C)OC(=O)CCCCCCCCCC(C)C. The molecule has 0 aromatic heterocycles. The van der Waals surface area contributed by atoms with Gasteiger partial charge in [-0.1, -0.05) is 267 Å². The van der Waals surface area contributed by atoms with E-state index in [0.717, 1.165) is 108 Å². The first kappa shape index (κ1) is 83.1. The Bertz CT molecular complexity index is 1700. The summed E-state index contributed by atoms with van der Waals surface area (Å²) in [5.41, 5.74) is 0. The second-order valence-corrected chi connectivity index (χ2v) is 28.7. The van der Waals surface area contributed by atoms with Crippen molar-refractivity contribution >= 4 is 39.5 Å². The molecule has 2 unspecified atom stereocenters. The van der Waals surface area contributed by atoms with Crippen LogP contribution in [0.3, 0.4) is 0 Å². The fourth-order valence-electron chi connectivity index (χ4n) is 9.78. The first-order valence-electron chi connectivity index (χ1n) is 34.2. The molecule has 0 aromatic rings. The Labute approximate surface area is 517 Å². The third-order valence-corrected chi connectivity index (χ3v) is 17.0. The Balaban J connectivity index is 5.25. The molecule has 5 atom stereocenters. The number of aliphatic hydroxyl groups excluding tert-OH is 1. The third-order valence-electron chi connectivity index (χ3n) is 15.1. The average molecular weight is 1260 g/mol. The number of hydrogen-bond donors (Lipinski definition) is 3. The minimum Gasteiger partial charge on any atom is -0.462 e. The topological polar surface area (TPSA) is 237 Å². The van der Waals surface area contributed by atoms with Crippen molar-refractivity contribution in [1.82, 2.24) is 0 Å². The third kappa shape index (κ3) is 60.7. The highest BCUT2D eigenvalue weighted by atomic mass is 31.2. The summed E-state index contributed by atoms with van der Waals surface area (Å²) in [5.74, 6) is 0.746. The van der Waals surface area contributed by atoms with Gasteiger partial charge >= 0.3 is 39.5 Å². The van der Waals surface area contributed by atoms with Crippen molar-refractivity contribution in [3.05, 3.63) is 0 Å². The van der Waals surface area contributed by atoms with Crippen LogP contribution in [0.5, 0.6) is 0 Å². The van der Waals surface area contributed by atoms with Gasteiger partial charge in [0, 0.05) is 25.7 Å². The van der Waals surface area contributed by atoms with Crippen molar-refractivity contribution in [2.75, 3.05) is 39.6 Å². The molecular weight excluding hydrogens is 1130 g/mol. The lowest BCUT2D eigenvalue weighted by molar-refractivity contribution is -0.161. The van der Waals surface area contributed by atoms with Gasteiger partial charge in [-0.25, -0.2) is 9.13 Å². The standard InChI is InChI=1S/C66H128O17P2/c1-56(2)42-34-26-18-13-10-9-11-15-22-32-40-48-65(70)82-61(52-76-63(68)46-38-30-21-16-12-14-19-27-35-43-57(3)4)54-80-84(72,73)78-50-60(67)51-79-85(74,75)81-55-62(53-77-64(69)47-39-31-25-24-29-37-45-59(7)8)83-66(71)49-41-33-23-17-20-28-36-44-58(5)6/h56-62,67H,9-55H2,1-8H3,(H,72,73)(H,74,75)/t60-,61-,62-/m1/s1. The van der Waals surface area contributed by atoms with Crippen LogP contribution in [0, 0.1) is 23.7 Å². The lowest BCUT2D eigenvalue weighted by Crippen LogP contribution is -2.30. The number of esters is 4. The van der Waals surface area contributed by atoms with Crippen LogP contribution < -0.4 is 0 Å².